The summed E-state index contributed by atoms with van der Waals surface area (Å²) in [5.74, 6) is 2.73. The highest BCUT2D eigenvalue weighted by molar-refractivity contribution is 5.94. The zero-order valence-electron chi connectivity index (χ0n) is 73.3. The molecule has 16 aromatic rings. The molecule has 25 heteroatoms. The van der Waals surface area contributed by atoms with Crippen LogP contribution in [0.15, 0.2) is 274 Å². The molecule has 0 N–H and O–H groups in total. The van der Waals surface area contributed by atoms with Crippen molar-refractivity contribution in [3.8, 4) is 44.6 Å². The van der Waals surface area contributed by atoms with E-state index >= 15 is 0 Å². The molecule has 656 valence electrons. The summed E-state index contributed by atoms with van der Waals surface area (Å²) in [5.41, 5.74) is 17.5. The molecule has 8 aromatic heterocycles. The summed E-state index contributed by atoms with van der Waals surface area (Å²) in [4.78, 5) is 66.4. The van der Waals surface area contributed by atoms with Crippen molar-refractivity contribution in [1.29, 1.82) is 0 Å². The van der Waals surface area contributed by atoms with Crippen LogP contribution < -0.4 is 0 Å². The molecule has 24 nitrogen and oxygen atoms in total. The molecule has 4 fully saturated rings. The third-order valence-electron chi connectivity index (χ3n) is 25.8. The zero-order chi connectivity index (χ0) is 88.4. The molecular weight excluding hydrogens is 1610 g/mol. The van der Waals surface area contributed by atoms with Gasteiger partial charge in [0.25, 0.3) is 5.91 Å². The van der Waals surface area contributed by atoms with E-state index in [2.05, 4.69) is 161 Å². The standard InChI is InChI=1S/C27H28N6O.C27H28N4O.C26H28FN5O.C24H25N5O/c1-28-20-32-19-25(17-29-32)23-8-9-26-24(15-23)16-30-33(26)18-22-11-13-31(14-12-22)27(34)10-7-21-5-3-2-4-6-21;32-27(12-9-21-6-2-1-3-7-21)30-16-13-22(14-17-30)20-31-26-11-10-23(18-24(26)19-29-31)25-8-4-5-15-28-25;1-30-18-23(16-28-30)21-5-8-25-22(14-21)15-29-32(25)17-20-10-12-31(13-11-20)26(33)9-4-19-2-6-24(27)7-3-19;1-27-17-22(15-25-27)20-7-8-23-21(13-20)14-26-29(23)16-18-9-11-28(12-10-18)24(30)19-5-3-2-4-6-19/h2-6,8-9,15-17,19,22H,7,10-14,18,20H2;1-8,10-11,15,18-19,22H,9,12-14,16-17,20H2;2-3,5-8,14-16,18,20H,4,9-13,17H2,1H3;2-8,13-15,17-18H,9-12,16H2,1H3. The van der Waals surface area contributed by atoms with Gasteiger partial charge in [0.05, 0.1) is 71.1 Å². The van der Waals surface area contributed by atoms with Crippen LogP contribution in [0.25, 0.3) is 93.1 Å². The Labute approximate surface area is 751 Å². The van der Waals surface area contributed by atoms with Crippen molar-refractivity contribution >= 4 is 67.2 Å². The SMILES string of the molecule is Cn1cc(-c2ccc3c(cnn3CC3CCN(C(=O)CCc4ccc(F)cc4)CC3)c2)cn1.Cn1cc(-c2ccc3c(cnn3CC3CCN(C(=O)c4ccccc4)CC3)c2)cn1.O=C(CCc1ccccc1)N1CCC(Cn2ncc3cc(-c4ccccn4)ccc32)CC1.[C-]#[N+]Cn1cc(-c2ccc3c(cnn3CC3CCN(C(=O)CCc4ccccc4)CC3)c2)cn1. The second kappa shape index (κ2) is 41.4. The summed E-state index contributed by atoms with van der Waals surface area (Å²) in [7, 11) is 3.85. The molecule has 20 rings (SSSR count). The molecule has 0 bridgehead atoms. The lowest BCUT2D eigenvalue weighted by Crippen LogP contribution is -2.39. The third kappa shape index (κ3) is 22.2. The Hall–Kier alpha value is -14.3. The van der Waals surface area contributed by atoms with Crippen molar-refractivity contribution in [3.05, 3.63) is 314 Å². The average Bonchev–Trinajstić information content (AvgIpc) is 1.67. The highest BCUT2D eigenvalue weighted by atomic mass is 19.1. The van der Waals surface area contributed by atoms with Gasteiger partial charge in [-0.2, -0.15) is 35.7 Å². The quantitative estimate of drug-likeness (QED) is 0.0545. The number of piperidine rings is 4. The molecular formula is C104H109FN20O4. The largest absolute Gasteiger partial charge is 0.343 e. The van der Waals surface area contributed by atoms with Gasteiger partial charge in [0.15, 0.2) is 0 Å². The van der Waals surface area contributed by atoms with E-state index in [1.165, 1.54) is 23.3 Å². The van der Waals surface area contributed by atoms with Gasteiger partial charge < -0.3 is 19.6 Å². The third-order valence-corrected chi connectivity index (χ3v) is 25.8. The number of halogens is 1. The first kappa shape index (κ1) is 86.8. The van der Waals surface area contributed by atoms with Crippen molar-refractivity contribution < 1.29 is 23.6 Å². The first-order valence-corrected chi connectivity index (χ1v) is 45.3. The lowest BCUT2D eigenvalue weighted by atomic mass is 9.96. The Morgan fingerprint density at radius 3 is 1.06 bits per heavy atom. The maximum absolute atomic E-state index is 13.0. The number of carbonyl (C=O) groups excluding carboxylic acids is 4. The predicted octanol–water partition coefficient (Wildman–Crippen LogP) is 18.1. The first-order chi connectivity index (χ1) is 63.2. The number of aryl methyl sites for hydroxylation is 5. The molecule has 4 aliphatic rings. The number of hydrogen-bond donors (Lipinski definition) is 0. The Morgan fingerprint density at radius 1 is 0.357 bits per heavy atom. The van der Waals surface area contributed by atoms with Gasteiger partial charge in [-0.15, -0.1) is 0 Å². The second-order valence-corrected chi connectivity index (χ2v) is 34.7. The van der Waals surface area contributed by atoms with Gasteiger partial charge in [-0.3, -0.25) is 57.1 Å². The minimum Gasteiger partial charge on any atom is -0.343 e. The van der Waals surface area contributed by atoms with E-state index in [1.54, 1.807) is 23.0 Å². The number of carbonyl (C=O) groups is 4. The van der Waals surface area contributed by atoms with E-state index in [4.69, 9.17) is 6.57 Å². The van der Waals surface area contributed by atoms with Crippen molar-refractivity contribution in [1.82, 2.24) is 93.0 Å². The van der Waals surface area contributed by atoms with Crippen LogP contribution >= 0.6 is 0 Å². The van der Waals surface area contributed by atoms with Crippen LogP contribution in [0.1, 0.15) is 97.7 Å². The highest BCUT2D eigenvalue weighted by Crippen LogP contribution is 2.33. The molecule has 12 heterocycles. The Morgan fingerprint density at radius 2 is 0.698 bits per heavy atom. The molecule has 4 amide bonds. The van der Waals surface area contributed by atoms with Gasteiger partial charge in [0, 0.05) is 186 Å². The number of amides is 4. The normalized spacial score (nSPS) is 14.7. The van der Waals surface area contributed by atoms with Crippen molar-refractivity contribution in [2.45, 2.75) is 123 Å². The fraction of sp³-hybridized carbons (Fsp3) is 0.317. The number of pyridine rings is 1. The zero-order valence-corrected chi connectivity index (χ0v) is 73.3. The minimum atomic E-state index is -0.244. The molecule has 0 aliphatic carbocycles. The van der Waals surface area contributed by atoms with E-state index < -0.39 is 0 Å². The summed E-state index contributed by atoms with van der Waals surface area (Å²) in [6.07, 6.45) is 33.1. The highest BCUT2D eigenvalue weighted by Gasteiger charge is 2.29. The van der Waals surface area contributed by atoms with Crippen LogP contribution in [0, 0.1) is 36.1 Å². The number of aromatic nitrogens is 15. The summed E-state index contributed by atoms with van der Waals surface area (Å²) < 4.78 is 26.7. The molecule has 0 radical (unpaired) electrons. The smallest absolute Gasteiger partial charge is 0.307 e. The number of hydrogen-bond acceptors (Lipinski definition) is 12. The van der Waals surface area contributed by atoms with Gasteiger partial charge in [0.1, 0.15) is 5.82 Å². The van der Waals surface area contributed by atoms with E-state index in [-0.39, 0.29) is 36.1 Å². The van der Waals surface area contributed by atoms with Crippen molar-refractivity contribution in [2.24, 2.45) is 37.8 Å². The molecule has 4 saturated heterocycles. The van der Waals surface area contributed by atoms with Crippen LogP contribution in [-0.4, -0.2) is 169 Å². The summed E-state index contributed by atoms with van der Waals surface area (Å²) in [6.45, 7) is 17.3. The number of likely N-dealkylation sites (tertiary alicyclic amines) is 4. The Balaban J connectivity index is 0.000000121. The summed E-state index contributed by atoms with van der Waals surface area (Å²) in [5, 5.41) is 35.9. The Kier molecular flexibility index (Phi) is 27.9. The molecule has 0 atom stereocenters. The Bertz CT molecular complexity index is 6470. The van der Waals surface area contributed by atoms with Crippen LogP contribution in [0.5, 0.6) is 0 Å². The maximum Gasteiger partial charge on any atom is 0.307 e. The van der Waals surface area contributed by atoms with Gasteiger partial charge >= 0.3 is 6.67 Å². The number of rotatable bonds is 23. The van der Waals surface area contributed by atoms with Crippen LogP contribution in [0.3, 0.4) is 0 Å². The number of fused-ring (bicyclic) bond motifs is 4. The topological polar surface area (TPSA) is 223 Å². The van der Waals surface area contributed by atoms with Crippen LogP contribution in [0.4, 0.5) is 4.39 Å². The van der Waals surface area contributed by atoms with Crippen molar-refractivity contribution in [2.75, 3.05) is 52.4 Å². The van der Waals surface area contributed by atoms with Crippen LogP contribution in [-0.2, 0) is 80.6 Å². The van der Waals surface area contributed by atoms with Gasteiger partial charge in [0.2, 0.25) is 17.7 Å². The first-order valence-electron chi connectivity index (χ1n) is 45.3. The summed E-state index contributed by atoms with van der Waals surface area (Å²) >= 11 is 0. The molecule has 8 aromatic carbocycles. The van der Waals surface area contributed by atoms with E-state index in [0.717, 1.165) is 242 Å². The van der Waals surface area contributed by atoms with Gasteiger partial charge in [-0.25, -0.2) is 15.6 Å². The number of nitrogens with zero attached hydrogens (tertiary/aromatic N) is 20. The van der Waals surface area contributed by atoms with Crippen molar-refractivity contribution in [3.63, 3.8) is 0 Å². The van der Waals surface area contributed by atoms with E-state index in [0.29, 0.717) is 49.4 Å². The lowest BCUT2D eigenvalue weighted by molar-refractivity contribution is -0.133. The molecule has 0 saturated carbocycles. The monoisotopic (exact) mass is 1720 g/mol. The molecule has 0 spiro atoms. The number of benzene rings is 8. The van der Waals surface area contributed by atoms with Gasteiger partial charge in [-0.05, 0) is 213 Å². The maximum atomic E-state index is 13.0. The van der Waals surface area contributed by atoms with Gasteiger partial charge in [-0.1, -0.05) is 121 Å². The molecule has 129 heavy (non-hydrogen) atoms. The van der Waals surface area contributed by atoms with Crippen LogP contribution in [0.2, 0.25) is 0 Å². The van der Waals surface area contributed by atoms with E-state index in [1.807, 2.05) is 190 Å². The lowest BCUT2D eigenvalue weighted by Gasteiger charge is -2.32. The van der Waals surface area contributed by atoms with E-state index in [9.17, 15) is 23.6 Å². The summed E-state index contributed by atoms with van der Waals surface area (Å²) in [6, 6.07) is 68.1. The average molecular weight is 1720 g/mol. The second-order valence-electron chi connectivity index (χ2n) is 34.7. The molecule has 0 unspecified atom stereocenters. The predicted molar refractivity (Wildman–Crippen MR) is 502 cm³/mol. The minimum absolute atomic E-state index is 0.140. The fourth-order valence-corrected chi connectivity index (χ4v) is 18.3. The molecule has 4 aliphatic heterocycles. The fourth-order valence-electron chi connectivity index (χ4n) is 18.3.